The molecule has 0 spiro atoms. The minimum Gasteiger partial charge on any atom is -0.244 e. The molecule has 0 amide bonds. The standard InChI is InChI=1S/C10H12ClNS/c1-6(2)8-5-13-9(12-8)10(11)4-7(10)3/h5-6H,3-4H2,1-2H3. The highest BCUT2D eigenvalue weighted by atomic mass is 35.5. The van der Waals surface area contributed by atoms with Gasteiger partial charge < -0.3 is 0 Å². The molecule has 13 heavy (non-hydrogen) atoms. The summed E-state index contributed by atoms with van der Waals surface area (Å²) in [6.07, 6.45) is 0.888. The molecule has 0 aromatic carbocycles. The Balaban J connectivity index is 2.29. The summed E-state index contributed by atoms with van der Waals surface area (Å²) < 4.78 is 0. The normalized spacial score (nSPS) is 26.9. The van der Waals surface area contributed by atoms with Gasteiger partial charge in [-0.05, 0) is 17.9 Å². The van der Waals surface area contributed by atoms with Crippen LogP contribution in [0, 0.1) is 0 Å². The maximum Gasteiger partial charge on any atom is 0.121 e. The Bertz CT molecular complexity index is 356. The van der Waals surface area contributed by atoms with Gasteiger partial charge in [-0.3, -0.25) is 0 Å². The number of halogens is 1. The number of hydrogen-bond donors (Lipinski definition) is 0. The van der Waals surface area contributed by atoms with Crippen LogP contribution in [-0.4, -0.2) is 4.98 Å². The molecule has 0 saturated heterocycles. The van der Waals surface area contributed by atoms with E-state index in [1.807, 2.05) is 0 Å². The average molecular weight is 214 g/mol. The van der Waals surface area contributed by atoms with Crippen molar-refractivity contribution in [2.45, 2.75) is 31.1 Å². The van der Waals surface area contributed by atoms with Gasteiger partial charge in [0.1, 0.15) is 9.88 Å². The third-order valence-electron chi connectivity index (χ3n) is 2.34. The Morgan fingerprint density at radius 2 is 2.31 bits per heavy atom. The van der Waals surface area contributed by atoms with E-state index in [9.17, 15) is 0 Å². The lowest BCUT2D eigenvalue weighted by Gasteiger charge is -2.00. The Kier molecular flexibility index (Phi) is 2.00. The van der Waals surface area contributed by atoms with Crippen molar-refractivity contribution in [1.82, 2.24) is 4.98 Å². The van der Waals surface area contributed by atoms with Gasteiger partial charge in [-0.15, -0.1) is 22.9 Å². The second-order valence-electron chi connectivity index (χ2n) is 3.81. The number of allylic oxidation sites excluding steroid dienone is 1. The van der Waals surface area contributed by atoms with Crippen LogP contribution in [0.2, 0.25) is 0 Å². The average Bonchev–Trinajstić information content (AvgIpc) is 2.55. The van der Waals surface area contributed by atoms with E-state index < -0.39 is 0 Å². The SMILES string of the molecule is C=C1CC1(Cl)c1nc(C(C)C)cs1. The molecule has 3 heteroatoms. The Morgan fingerprint density at radius 3 is 2.69 bits per heavy atom. The van der Waals surface area contributed by atoms with Gasteiger partial charge in [0.25, 0.3) is 0 Å². The van der Waals surface area contributed by atoms with Crippen LogP contribution in [0.3, 0.4) is 0 Å². The number of hydrogen-bond acceptors (Lipinski definition) is 2. The van der Waals surface area contributed by atoms with Crippen molar-refractivity contribution in [3.63, 3.8) is 0 Å². The fourth-order valence-corrected chi connectivity index (χ4v) is 2.67. The van der Waals surface area contributed by atoms with Gasteiger partial charge in [0, 0.05) is 5.38 Å². The summed E-state index contributed by atoms with van der Waals surface area (Å²) in [4.78, 5) is 4.21. The van der Waals surface area contributed by atoms with Crippen LogP contribution >= 0.6 is 22.9 Å². The molecule has 1 aromatic rings. The van der Waals surface area contributed by atoms with Crippen molar-refractivity contribution < 1.29 is 0 Å². The molecule has 0 N–H and O–H groups in total. The molecular formula is C10H12ClNS. The molecule has 1 heterocycles. The predicted octanol–water partition coefficient (Wildman–Crippen LogP) is 3.66. The molecule has 1 unspecified atom stereocenters. The molecule has 1 aromatic heterocycles. The number of rotatable bonds is 2. The second kappa shape index (κ2) is 2.82. The highest BCUT2D eigenvalue weighted by molar-refractivity contribution is 7.10. The lowest BCUT2D eigenvalue weighted by molar-refractivity contribution is 0.818. The van der Waals surface area contributed by atoms with E-state index in [1.165, 1.54) is 0 Å². The summed E-state index contributed by atoms with van der Waals surface area (Å²) in [6.45, 7) is 8.17. The molecule has 1 saturated carbocycles. The van der Waals surface area contributed by atoms with Gasteiger partial charge in [0.2, 0.25) is 0 Å². The lowest BCUT2D eigenvalue weighted by atomic mass is 10.2. The zero-order valence-corrected chi connectivity index (χ0v) is 9.37. The van der Waals surface area contributed by atoms with Crippen LogP contribution in [0.1, 0.15) is 36.9 Å². The van der Waals surface area contributed by atoms with Crippen molar-refractivity contribution in [2.75, 3.05) is 0 Å². The highest BCUT2D eigenvalue weighted by Crippen LogP contribution is 2.57. The lowest BCUT2D eigenvalue weighted by Crippen LogP contribution is -1.96. The fourth-order valence-electron chi connectivity index (χ4n) is 1.21. The third kappa shape index (κ3) is 1.42. The first kappa shape index (κ1) is 9.22. The molecule has 70 valence electrons. The van der Waals surface area contributed by atoms with Gasteiger partial charge in [-0.25, -0.2) is 4.98 Å². The predicted molar refractivity (Wildman–Crippen MR) is 57.5 cm³/mol. The fraction of sp³-hybridized carbons (Fsp3) is 0.500. The second-order valence-corrected chi connectivity index (χ2v) is 5.32. The van der Waals surface area contributed by atoms with Crippen molar-refractivity contribution in [3.8, 4) is 0 Å². The molecule has 1 nitrogen and oxygen atoms in total. The molecule has 0 aliphatic heterocycles. The van der Waals surface area contributed by atoms with Gasteiger partial charge >= 0.3 is 0 Å². The maximum atomic E-state index is 6.29. The molecule has 1 aliphatic rings. The Hall–Kier alpha value is -0.340. The van der Waals surface area contributed by atoms with E-state index >= 15 is 0 Å². The van der Waals surface area contributed by atoms with E-state index in [2.05, 4.69) is 30.8 Å². The molecule has 1 aliphatic carbocycles. The van der Waals surface area contributed by atoms with Gasteiger partial charge in [0.05, 0.1) is 5.69 Å². The van der Waals surface area contributed by atoms with E-state index in [4.69, 9.17) is 11.6 Å². The highest BCUT2D eigenvalue weighted by Gasteiger charge is 2.49. The van der Waals surface area contributed by atoms with E-state index in [1.54, 1.807) is 11.3 Å². The quantitative estimate of drug-likeness (QED) is 0.540. The first-order valence-electron chi connectivity index (χ1n) is 4.37. The van der Waals surface area contributed by atoms with Crippen molar-refractivity contribution >= 4 is 22.9 Å². The van der Waals surface area contributed by atoms with E-state index in [-0.39, 0.29) is 4.87 Å². The summed E-state index contributed by atoms with van der Waals surface area (Å²) >= 11 is 7.93. The van der Waals surface area contributed by atoms with E-state index in [0.29, 0.717) is 5.92 Å². The maximum absolute atomic E-state index is 6.29. The first-order chi connectivity index (χ1) is 6.04. The first-order valence-corrected chi connectivity index (χ1v) is 5.63. The van der Waals surface area contributed by atoms with Crippen LogP contribution in [0.25, 0.3) is 0 Å². The third-order valence-corrected chi connectivity index (χ3v) is 4.06. The topological polar surface area (TPSA) is 12.9 Å². The van der Waals surface area contributed by atoms with Crippen molar-refractivity contribution in [1.29, 1.82) is 0 Å². The van der Waals surface area contributed by atoms with E-state index in [0.717, 1.165) is 22.7 Å². The number of alkyl halides is 1. The molecule has 2 rings (SSSR count). The van der Waals surface area contributed by atoms with Crippen LogP contribution < -0.4 is 0 Å². The van der Waals surface area contributed by atoms with Gasteiger partial charge in [-0.2, -0.15) is 0 Å². The largest absolute Gasteiger partial charge is 0.244 e. The number of nitrogens with zero attached hydrogens (tertiary/aromatic N) is 1. The van der Waals surface area contributed by atoms with Gasteiger partial charge in [0.15, 0.2) is 0 Å². The summed E-state index contributed by atoms with van der Waals surface area (Å²) in [6, 6.07) is 0. The zero-order valence-electron chi connectivity index (χ0n) is 7.80. The smallest absolute Gasteiger partial charge is 0.121 e. The Morgan fingerprint density at radius 1 is 1.69 bits per heavy atom. The van der Waals surface area contributed by atoms with Crippen LogP contribution in [0.4, 0.5) is 0 Å². The molecule has 0 bridgehead atoms. The van der Waals surface area contributed by atoms with Crippen LogP contribution in [-0.2, 0) is 4.87 Å². The van der Waals surface area contributed by atoms with Crippen molar-refractivity contribution in [2.24, 2.45) is 0 Å². The number of aromatic nitrogens is 1. The monoisotopic (exact) mass is 213 g/mol. The summed E-state index contributed by atoms with van der Waals surface area (Å²) in [5.41, 5.74) is 2.23. The molecule has 1 fully saturated rings. The minimum atomic E-state index is -0.308. The summed E-state index contributed by atoms with van der Waals surface area (Å²) in [5.74, 6) is 0.484. The minimum absolute atomic E-state index is 0.308. The molecule has 1 atom stereocenters. The van der Waals surface area contributed by atoms with Crippen LogP contribution in [0.5, 0.6) is 0 Å². The summed E-state index contributed by atoms with van der Waals surface area (Å²) in [5, 5.41) is 3.11. The summed E-state index contributed by atoms with van der Waals surface area (Å²) in [7, 11) is 0. The molecular weight excluding hydrogens is 202 g/mol. The number of thiazole rings is 1. The van der Waals surface area contributed by atoms with Gasteiger partial charge in [-0.1, -0.05) is 20.4 Å². The Labute approximate surface area is 87.5 Å². The van der Waals surface area contributed by atoms with Crippen LogP contribution in [0.15, 0.2) is 17.5 Å². The zero-order chi connectivity index (χ0) is 9.64. The molecule has 0 radical (unpaired) electrons. The van der Waals surface area contributed by atoms with Crippen molar-refractivity contribution in [3.05, 3.63) is 28.2 Å².